The number of hydrogen-bond donors (Lipinski definition) is 1. The summed E-state index contributed by atoms with van der Waals surface area (Å²) in [5.41, 5.74) is 1.89. The van der Waals surface area contributed by atoms with Crippen molar-refractivity contribution in [2.24, 2.45) is 11.8 Å². The molecule has 1 aromatic carbocycles. The number of sulfonamides is 1. The molecule has 2 heterocycles. The number of fused-ring (bicyclic) bond motifs is 1. The number of benzene rings is 1. The van der Waals surface area contributed by atoms with Crippen molar-refractivity contribution in [1.82, 2.24) is 14.5 Å². The number of hydrogen-bond acceptors (Lipinski definition) is 4. The van der Waals surface area contributed by atoms with Gasteiger partial charge in [-0.2, -0.15) is 5.10 Å². The Labute approximate surface area is 154 Å². The summed E-state index contributed by atoms with van der Waals surface area (Å²) in [7, 11) is -3.59. The average molecular weight is 375 g/mol. The molecule has 1 N–H and O–H groups in total. The third-order valence-corrected chi connectivity index (χ3v) is 7.34. The van der Waals surface area contributed by atoms with Gasteiger partial charge in [0, 0.05) is 31.0 Å². The Morgan fingerprint density at radius 2 is 2.08 bits per heavy atom. The summed E-state index contributed by atoms with van der Waals surface area (Å²) in [6, 6.07) is 10.1. The Hall–Kier alpha value is -1.70. The van der Waals surface area contributed by atoms with Gasteiger partial charge in [-0.05, 0) is 32.3 Å². The highest BCUT2D eigenvalue weighted by molar-refractivity contribution is 7.89. The van der Waals surface area contributed by atoms with Gasteiger partial charge in [-0.3, -0.25) is 4.68 Å². The number of nitrogens with one attached hydrogen (secondary N) is 1. The van der Waals surface area contributed by atoms with Crippen LogP contribution in [0.2, 0.25) is 0 Å². The molecule has 2 fully saturated rings. The molecule has 1 saturated heterocycles. The number of aromatic nitrogens is 2. The average Bonchev–Trinajstić information content (AvgIpc) is 3.23. The fraction of sp³-hybridized carbons (Fsp3) is 0.526. The fourth-order valence-electron chi connectivity index (χ4n) is 4.39. The van der Waals surface area contributed by atoms with Crippen molar-refractivity contribution in [2.75, 3.05) is 6.61 Å². The van der Waals surface area contributed by atoms with E-state index >= 15 is 0 Å². The van der Waals surface area contributed by atoms with E-state index in [9.17, 15) is 8.42 Å². The molecule has 1 aliphatic carbocycles. The third-order valence-electron chi connectivity index (χ3n) is 5.78. The fourth-order valence-corrected chi connectivity index (χ4v) is 5.90. The van der Waals surface area contributed by atoms with Crippen molar-refractivity contribution in [2.45, 2.75) is 50.3 Å². The first-order valence-corrected chi connectivity index (χ1v) is 10.7. The summed E-state index contributed by atoms with van der Waals surface area (Å²) >= 11 is 0. The summed E-state index contributed by atoms with van der Waals surface area (Å²) in [5.74, 6) is 0.432. The minimum atomic E-state index is -3.59. The summed E-state index contributed by atoms with van der Waals surface area (Å²) in [4.78, 5) is 0.278. The molecule has 140 valence electrons. The van der Waals surface area contributed by atoms with Crippen molar-refractivity contribution in [3.63, 3.8) is 0 Å². The minimum Gasteiger partial charge on any atom is -0.377 e. The zero-order valence-electron chi connectivity index (χ0n) is 15.1. The van der Waals surface area contributed by atoms with Crippen molar-refractivity contribution in [3.05, 3.63) is 47.8 Å². The highest BCUT2D eigenvalue weighted by atomic mass is 32.2. The smallest absolute Gasteiger partial charge is 0.244 e. The first kappa shape index (κ1) is 17.7. The number of ether oxygens (including phenoxy) is 1. The van der Waals surface area contributed by atoms with Gasteiger partial charge >= 0.3 is 0 Å². The van der Waals surface area contributed by atoms with Crippen LogP contribution in [0.1, 0.15) is 24.6 Å². The Balaban J connectivity index is 1.56. The van der Waals surface area contributed by atoms with E-state index in [-0.39, 0.29) is 28.9 Å². The van der Waals surface area contributed by atoms with Gasteiger partial charge in [-0.25, -0.2) is 13.1 Å². The maximum atomic E-state index is 13.0. The van der Waals surface area contributed by atoms with Gasteiger partial charge in [0.15, 0.2) is 0 Å². The zero-order chi connectivity index (χ0) is 18.3. The second-order valence-corrected chi connectivity index (χ2v) is 8.88. The van der Waals surface area contributed by atoms with Crippen LogP contribution in [-0.2, 0) is 27.7 Å². The summed E-state index contributed by atoms with van der Waals surface area (Å²) in [6.45, 7) is 5.12. The molecular formula is C19H25N3O3S. The molecule has 4 atom stereocenters. The second kappa shape index (κ2) is 6.79. The predicted molar refractivity (Wildman–Crippen MR) is 98.2 cm³/mol. The van der Waals surface area contributed by atoms with Crippen LogP contribution in [0.15, 0.2) is 41.4 Å². The predicted octanol–water partition coefficient (Wildman–Crippen LogP) is 2.14. The highest BCUT2D eigenvalue weighted by Gasteiger charge is 2.54. The Morgan fingerprint density at radius 1 is 1.31 bits per heavy atom. The quantitative estimate of drug-likeness (QED) is 0.839. The van der Waals surface area contributed by atoms with Crippen LogP contribution in [0.4, 0.5) is 0 Å². The monoisotopic (exact) mass is 375 g/mol. The van der Waals surface area contributed by atoms with Gasteiger partial charge in [0.2, 0.25) is 10.0 Å². The lowest BCUT2D eigenvalue weighted by Crippen LogP contribution is -2.61. The molecular weight excluding hydrogens is 350 g/mol. The van der Waals surface area contributed by atoms with Crippen LogP contribution in [0.5, 0.6) is 0 Å². The molecule has 6 nitrogen and oxygen atoms in total. The molecule has 0 unspecified atom stereocenters. The van der Waals surface area contributed by atoms with Crippen LogP contribution >= 0.6 is 0 Å². The summed E-state index contributed by atoms with van der Waals surface area (Å²) in [5, 5.41) is 4.18. The molecule has 1 saturated carbocycles. The van der Waals surface area contributed by atoms with Gasteiger partial charge in [-0.1, -0.05) is 30.3 Å². The summed E-state index contributed by atoms with van der Waals surface area (Å²) < 4.78 is 36.5. The highest BCUT2D eigenvalue weighted by Crippen LogP contribution is 2.45. The Bertz CT molecular complexity index is 879. The van der Waals surface area contributed by atoms with E-state index < -0.39 is 10.0 Å². The molecule has 1 aromatic heterocycles. The van der Waals surface area contributed by atoms with Gasteiger partial charge < -0.3 is 4.74 Å². The molecule has 4 rings (SSSR count). The lowest BCUT2D eigenvalue weighted by atomic mass is 9.65. The molecule has 0 spiro atoms. The van der Waals surface area contributed by atoms with E-state index in [0.29, 0.717) is 18.8 Å². The first-order chi connectivity index (χ1) is 12.5. The normalized spacial score (nSPS) is 27.9. The molecule has 26 heavy (non-hydrogen) atoms. The van der Waals surface area contributed by atoms with E-state index in [1.165, 1.54) is 11.8 Å². The van der Waals surface area contributed by atoms with Crippen LogP contribution in [0.25, 0.3) is 0 Å². The first-order valence-electron chi connectivity index (χ1n) is 9.21. The SMILES string of the molecule is CCn1ncc(S(=O)(=O)N[C@@H]2[C@@H](Cc3ccccc3)[C@H]3OCC[C@@H]23)c1C. The second-order valence-electron chi connectivity index (χ2n) is 7.20. The van der Waals surface area contributed by atoms with E-state index in [1.807, 2.05) is 25.1 Å². The molecule has 2 aromatic rings. The van der Waals surface area contributed by atoms with Crippen LogP contribution in [0, 0.1) is 18.8 Å². The maximum absolute atomic E-state index is 13.0. The van der Waals surface area contributed by atoms with E-state index in [1.54, 1.807) is 11.6 Å². The van der Waals surface area contributed by atoms with Crippen LogP contribution < -0.4 is 4.72 Å². The maximum Gasteiger partial charge on any atom is 0.244 e. The lowest BCUT2D eigenvalue weighted by Gasteiger charge is -2.47. The van der Waals surface area contributed by atoms with Crippen molar-refractivity contribution in [1.29, 1.82) is 0 Å². The lowest BCUT2D eigenvalue weighted by molar-refractivity contribution is -0.0484. The molecule has 2 aliphatic rings. The molecule has 1 aliphatic heterocycles. The largest absolute Gasteiger partial charge is 0.377 e. The standard InChI is InChI=1S/C19H25N3O3S/c1-3-22-13(2)17(12-20-22)26(23,24)21-18-15-9-10-25-19(15)16(18)11-14-7-5-4-6-8-14/h4-8,12,15-16,18-19,21H,3,9-11H2,1-2H3/t15-,16+,18-,19-/m0/s1. The van der Waals surface area contributed by atoms with E-state index in [2.05, 4.69) is 22.0 Å². The molecule has 0 bridgehead atoms. The third kappa shape index (κ3) is 2.98. The van der Waals surface area contributed by atoms with Crippen molar-refractivity contribution >= 4 is 10.0 Å². The Morgan fingerprint density at radius 3 is 2.77 bits per heavy atom. The Kier molecular flexibility index (Phi) is 4.62. The van der Waals surface area contributed by atoms with Crippen molar-refractivity contribution < 1.29 is 13.2 Å². The van der Waals surface area contributed by atoms with E-state index in [0.717, 1.165) is 12.8 Å². The topological polar surface area (TPSA) is 73.2 Å². The van der Waals surface area contributed by atoms with Crippen LogP contribution in [0.3, 0.4) is 0 Å². The number of rotatable bonds is 6. The summed E-state index contributed by atoms with van der Waals surface area (Å²) in [6.07, 6.45) is 3.34. The minimum absolute atomic E-state index is 0.0860. The van der Waals surface area contributed by atoms with Gasteiger partial charge in [0.1, 0.15) is 4.90 Å². The number of nitrogens with zero attached hydrogens (tertiary/aromatic N) is 2. The van der Waals surface area contributed by atoms with Crippen LogP contribution in [-0.4, -0.2) is 37.0 Å². The van der Waals surface area contributed by atoms with Gasteiger partial charge in [-0.15, -0.1) is 0 Å². The molecule has 0 amide bonds. The molecule has 0 radical (unpaired) electrons. The molecule has 7 heteroatoms. The van der Waals surface area contributed by atoms with Gasteiger partial charge in [0.05, 0.1) is 18.0 Å². The zero-order valence-corrected chi connectivity index (χ0v) is 15.9. The van der Waals surface area contributed by atoms with Crippen molar-refractivity contribution in [3.8, 4) is 0 Å². The van der Waals surface area contributed by atoms with E-state index in [4.69, 9.17) is 4.74 Å². The number of aryl methyl sites for hydroxylation is 1. The van der Waals surface area contributed by atoms with Gasteiger partial charge in [0.25, 0.3) is 0 Å².